The number of hydrogen-bond acceptors (Lipinski definition) is 5. The van der Waals surface area contributed by atoms with Gasteiger partial charge in [-0.25, -0.2) is 4.98 Å². The molecule has 6 heteroatoms. The predicted octanol–water partition coefficient (Wildman–Crippen LogP) is 4.99. The van der Waals surface area contributed by atoms with Crippen molar-refractivity contribution in [3.63, 3.8) is 0 Å². The van der Waals surface area contributed by atoms with Gasteiger partial charge in [0.25, 0.3) is 0 Å². The molecule has 3 aromatic carbocycles. The number of rotatable bonds is 4. The summed E-state index contributed by atoms with van der Waals surface area (Å²) in [6.07, 6.45) is 1.69. The normalized spacial score (nSPS) is 14.6. The molecule has 0 aliphatic carbocycles. The lowest BCUT2D eigenvalue weighted by Crippen LogP contribution is -2.49. The molecular formula is C26H24N4O2. The van der Waals surface area contributed by atoms with E-state index in [0.717, 1.165) is 42.9 Å². The second-order valence-corrected chi connectivity index (χ2v) is 7.73. The Bertz CT molecular complexity index is 1220. The number of nitrogens with zero attached hydrogens (tertiary/aromatic N) is 4. The first-order valence-corrected chi connectivity index (χ1v) is 10.7. The Labute approximate surface area is 187 Å². The average Bonchev–Trinajstić information content (AvgIpc) is 2.86. The lowest BCUT2D eigenvalue weighted by molar-refractivity contribution is 0.296. The van der Waals surface area contributed by atoms with Crippen LogP contribution in [0.4, 0.5) is 5.69 Å². The number of aromatic nitrogens is 1. The number of piperazine rings is 1. The summed E-state index contributed by atoms with van der Waals surface area (Å²) in [5, 5.41) is 15.5. The van der Waals surface area contributed by atoms with Gasteiger partial charge in [0, 0.05) is 49.7 Å². The van der Waals surface area contributed by atoms with Crippen molar-refractivity contribution in [2.45, 2.75) is 0 Å². The van der Waals surface area contributed by atoms with E-state index in [1.807, 2.05) is 42.5 Å². The van der Waals surface area contributed by atoms with Gasteiger partial charge in [0.05, 0.1) is 0 Å². The van der Waals surface area contributed by atoms with Gasteiger partial charge in [-0.2, -0.15) is 0 Å². The summed E-state index contributed by atoms with van der Waals surface area (Å²) < 4.78 is 5.93. The lowest BCUT2D eigenvalue weighted by atomic mass is 10.1. The highest BCUT2D eigenvalue weighted by atomic mass is 16.5. The lowest BCUT2D eigenvalue weighted by Gasteiger charge is -2.37. The van der Waals surface area contributed by atoms with Crippen molar-refractivity contribution in [1.82, 2.24) is 9.88 Å². The zero-order valence-corrected chi connectivity index (χ0v) is 17.6. The maximum absolute atomic E-state index is 9.69. The van der Waals surface area contributed by atoms with Crippen molar-refractivity contribution >= 4 is 22.3 Å². The van der Waals surface area contributed by atoms with Crippen molar-refractivity contribution in [1.29, 1.82) is 0 Å². The number of hydrogen-bond donors (Lipinski definition) is 1. The van der Waals surface area contributed by atoms with Crippen molar-refractivity contribution in [2.24, 2.45) is 5.16 Å². The minimum absolute atomic E-state index is 0.496. The second-order valence-electron chi connectivity index (χ2n) is 7.73. The van der Waals surface area contributed by atoms with E-state index >= 15 is 0 Å². The largest absolute Gasteiger partial charge is 0.439 e. The number of pyridine rings is 1. The summed E-state index contributed by atoms with van der Waals surface area (Å²) >= 11 is 0. The third-order valence-electron chi connectivity index (χ3n) is 5.73. The van der Waals surface area contributed by atoms with E-state index in [1.165, 1.54) is 11.1 Å². The summed E-state index contributed by atoms with van der Waals surface area (Å²) in [5.41, 5.74) is 1.97. The number of oxime groups is 1. The van der Waals surface area contributed by atoms with E-state index in [9.17, 15) is 5.21 Å². The molecule has 0 spiro atoms. The molecule has 0 bridgehead atoms. The molecule has 4 aromatic rings. The Morgan fingerprint density at radius 3 is 2.28 bits per heavy atom. The van der Waals surface area contributed by atoms with Crippen LogP contribution in [0.5, 0.6) is 11.6 Å². The van der Waals surface area contributed by atoms with E-state index in [0.29, 0.717) is 11.7 Å². The Morgan fingerprint density at radius 2 is 1.56 bits per heavy atom. The van der Waals surface area contributed by atoms with Gasteiger partial charge in [0.1, 0.15) is 5.75 Å². The fourth-order valence-corrected chi connectivity index (χ4v) is 4.04. The molecule has 1 aromatic heterocycles. The molecule has 6 nitrogen and oxygen atoms in total. The smallest absolute Gasteiger partial charge is 0.219 e. The Kier molecular flexibility index (Phi) is 5.58. The van der Waals surface area contributed by atoms with Crippen LogP contribution in [0.15, 0.2) is 96.3 Å². The highest BCUT2D eigenvalue weighted by molar-refractivity contribution is 5.98. The molecule has 160 valence electrons. The average molecular weight is 425 g/mol. The van der Waals surface area contributed by atoms with Gasteiger partial charge in [-0.15, -0.1) is 0 Å². The number of amidine groups is 1. The van der Waals surface area contributed by atoms with Gasteiger partial charge in [-0.1, -0.05) is 53.7 Å². The zero-order chi connectivity index (χ0) is 21.8. The van der Waals surface area contributed by atoms with Crippen LogP contribution >= 0.6 is 0 Å². The van der Waals surface area contributed by atoms with E-state index < -0.39 is 0 Å². The van der Waals surface area contributed by atoms with E-state index in [4.69, 9.17) is 4.74 Å². The molecule has 5 rings (SSSR count). The molecule has 0 radical (unpaired) electrons. The highest BCUT2D eigenvalue weighted by Gasteiger charge is 2.22. The van der Waals surface area contributed by atoms with Crippen molar-refractivity contribution < 1.29 is 9.94 Å². The molecule has 0 saturated carbocycles. The number of benzene rings is 3. The maximum atomic E-state index is 9.69. The van der Waals surface area contributed by atoms with Crippen LogP contribution in [-0.4, -0.2) is 47.1 Å². The standard InChI is InChI=1S/C26H24N4O2/c31-28-26(30-16-14-29(15-17-30)23-8-2-1-3-9-23)22-11-13-25(27-19-22)32-24-12-10-20-6-4-5-7-21(20)18-24/h1-13,18-19,31H,14-17H2/b28-26-. The topological polar surface area (TPSA) is 61.2 Å². The maximum Gasteiger partial charge on any atom is 0.219 e. The molecule has 0 atom stereocenters. The SMILES string of the molecule is O/N=C(/c1ccc(Oc2ccc3ccccc3c2)nc1)N1CCN(c2ccccc2)CC1. The fourth-order valence-electron chi connectivity index (χ4n) is 4.04. The highest BCUT2D eigenvalue weighted by Crippen LogP contribution is 2.25. The predicted molar refractivity (Wildman–Crippen MR) is 127 cm³/mol. The fraction of sp³-hybridized carbons (Fsp3) is 0.154. The molecule has 1 fully saturated rings. The molecule has 2 heterocycles. The van der Waals surface area contributed by atoms with E-state index in [1.54, 1.807) is 12.3 Å². The molecule has 1 N–H and O–H groups in total. The third-order valence-corrected chi connectivity index (χ3v) is 5.73. The summed E-state index contributed by atoms with van der Waals surface area (Å²) in [5.74, 6) is 1.76. The van der Waals surface area contributed by atoms with Crippen LogP contribution in [0.25, 0.3) is 10.8 Å². The van der Waals surface area contributed by atoms with Gasteiger partial charge in [-0.05, 0) is 41.1 Å². The zero-order valence-electron chi connectivity index (χ0n) is 17.6. The van der Waals surface area contributed by atoms with Gasteiger partial charge in [0.15, 0.2) is 5.84 Å². The van der Waals surface area contributed by atoms with Crippen LogP contribution < -0.4 is 9.64 Å². The molecule has 1 saturated heterocycles. The Balaban J connectivity index is 1.25. The van der Waals surface area contributed by atoms with Gasteiger partial charge >= 0.3 is 0 Å². The number of anilines is 1. The number of fused-ring (bicyclic) bond motifs is 1. The van der Waals surface area contributed by atoms with Gasteiger partial charge in [-0.3, -0.25) is 0 Å². The molecular weight excluding hydrogens is 400 g/mol. The van der Waals surface area contributed by atoms with Crippen LogP contribution in [0.2, 0.25) is 0 Å². The van der Waals surface area contributed by atoms with Crippen LogP contribution in [0, 0.1) is 0 Å². The Morgan fingerprint density at radius 1 is 0.812 bits per heavy atom. The first-order chi connectivity index (χ1) is 15.8. The summed E-state index contributed by atoms with van der Waals surface area (Å²) in [4.78, 5) is 8.85. The monoisotopic (exact) mass is 424 g/mol. The van der Waals surface area contributed by atoms with Crippen LogP contribution in [0.3, 0.4) is 0 Å². The van der Waals surface area contributed by atoms with Crippen LogP contribution in [-0.2, 0) is 0 Å². The first-order valence-electron chi connectivity index (χ1n) is 10.7. The van der Waals surface area contributed by atoms with Gasteiger partial charge in [0.2, 0.25) is 5.88 Å². The molecule has 0 unspecified atom stereocenters. The number of para-hydroxylation sites is 1. The number of ether oxygens (including phenoxy) is 1. The molecule has 1 aliphatic rings. The minimum Gasteiger partial charge on any atom is -0.439 e. The van der Waals surface area contributed by atoms with Gasteiger partial charge < -0.3 is 19.7 Å². The second kappa shape index (κ2) is 8.98. The molecule has 1 aliphatic heterocycles. The van der Waals surface area contributed by atoms with E-state index in [2.05, 4.69) is 56.3 Å². The van der Waals surface area contributed by atoms with Crippen molar-refractivity contribution in [2.75, 3.05) is 31.1 Å². The van der Waals surface area contributed by atoms with Crippen LogP contribution in [0.1, 0.15) is 5.56 Å². The van der Waals surface area contributed by atoms with Crippen molar-refractivity contribution in [3.8, 4) is 11.6 Å². The van der Waals surface area contributed by atoms with E-state index in [-0.39, 0.29) is 0 Å². The minimum atomic E-state index is 0.496. The summed E-state index contributed by atoms with van der Waals surface area (Å²) in [6, 6.07) is 28.2. The third kappa shape index (κ3) is 4.21. The Hall–Kier alpha value is -4.06. The summed E-state index contributed by atoms with van der Waals surface area (Å²) in [6.45, 7) is 3.26. The quantitative estimate of drug-likeness (QED) is 0.217. The van der Waals surface area contributed by atoms with Crippen molar-refractivity contribution in [3.05, 3.63) is 96.7 Å². The molecule has 0 amide bonds. The first kappa shape index (κ1) is 19.9. The summed E-state index contributed by atoms with van der Waals surface area (Å²) in [7, 11) is 0. The molecule has 32 heavy (non-hydrogen) atoms.